The molecular weight excluding hydrogens is 706 g/mol. The van der Waals surface area contributed by atoms with Gasteiger partial charge in [-0.05, 0) is 75.4 Å². The van der Waals surface area contributed by atoms with E-state index in [1.165, 1.54) is 9.80 Å². The van der Waals surface area contributed by atoms with Gasteiger partial charge in [0, 0.05) is 50.1 Å². The van der Waals surface area contributed by atoms with Crippen LogP contribution >= 0.6 is 0 Å². The molecule has 3 saturated heterocycles. The number of aromatic amines is 1. The maximum Gasteiger partial charge on any atom is 0.418 e. The third-order valence-corrected chi connectivity index (χ3v) is 10.9. The molecular formula is C36H40F6N8O3. The lowest BCUT2D eigenvalue weighted by Gasteiger charge is -2.38. The van der Waals surface area contributed by atoms with E-state index in [0.29, 0.717) is 61.9 Å². The molecule has 0 radical (unpaired) electrons. The summed E-state index contributed by atoms with van der Waals surface area (Å²) in [5, 5.41) is 3.44. The van der Waals surface area contributed by atoms with Crippen LogP contribution in [-0.2, 0) is 23.6 Å². The standard InChI is InChI=1S/C36H40F6N8O3/c37-35(38,39)25-17-21(18-26(30(25)43)36(40,41)42)19-28(32(51)48-13-7-22(8-14-48)47-11-3-4-12-47)45-33(52)49-15-9-23(10-16-49)50-29-20-44-27-6-2-1-5-24(27)31(29)46-34(50)53/h1-2,5-6,17-18,20,22-23,28H,3-4,7-16,19,43H2,(H,45,52)(H,46,53)/t28-/m1/s1. The highest BCUT2D eigenvalue weighted by Crippen LogP contribution is 2.42. The van der Waals surface area contributed by atoms with Gasteiger partial charge < -0.3 is 30.7 Å². The number of piperidine rings is 2. The van der Waals surface area contributed by atoms with Gasteiger partial charge in [-0.1, -0.05) is 18.2 Å². The van der Waals surface area contributed by atoms with Crippen LogP contribution in [0.15, 0.2) is 47.4 Å². The van der Waals surface area contributed by atoms with Crippen molar-refractivity contribution in [2.24, 2.45) is 0 Å². The van der Waals surface area contributed by atoms with Crippen LogP contribution in [0.25, 0.3) is 21.9 Å². The van der Waals surface area contributed by atoms with Crippen LogP contribution in [0, 0.1) is 0 Å². The summed E-state index contributed by atoms with van der Waals surface area (Å²) in [5.41, 5.74) is 1.82. The molecule has 5 heterocycles. The van der Waals surface area contributed by atoms with Crippen molar-refractivity contribution in [3.63, 3.8) is 0 Å². The first-order chi connectivity index (χ1) is 25.2. The fourth-order valence-electron chi connectivity index (χ4n) is 8.17. The van der Waals surface area contributed by atoms with Crippen molar-refractivity contribution in [1.82, 2.24) is 34.6 Å². The third kappa shape index (κ3) is 7.39. The molecule has 7 rings (SSSR count). The van der Waals surface area contributed by atoms with Gasteiger partial charge in [0.1, 0.15) is 6.04 Å². The van der Waals surface area contributed by atoms with Crippen molar-refractivity contribution < 1.29 is 35.9 Å². The van der Waals surface area contributed by atoms with Gasteiger partial charge in [-0.25, -0.2) is 9.59 Å². The van der Waals surface area contributed by atoms with E-state index in [1.54, 1.807) is 10.8 Å². The second-order valence-electron chi connectivity index (χ2n) is 14.2. The molecule has 0 saturated carbocycles. The molecule has 2 aromatic heterocycles. The second kappa shape index (κ2) is 14.2. The number of carbonyl (C=O) groups excluding carboxylic acids is 2. The smallest absolute Gasteiger partial charge is 0.398 e. The molecule has 1 atom stereocenters. The van der Waals surface area contributed by atoms with E-state index >= 15 is 0 Å². The molecule has 2 aromatic carbocycles. The molecule has 17 heteroatoms. The van der Waals surface area contributed by atoms with Crippen LogP contribution in [-0.4, -0.2) is 92.5 Å². The summed E-state index contributed by atoms with van der Waals surface area (Å²) < 4.78 is 84.9. The number of fused-ring (bicyclic) bond motifs is 3. The number of anilines is 1. The van der Waals surface area contributed by atoms with Gasteiger partial charge in [0.05, 0.1) is 39.6 Å². The van der Waals surface area contributed by atoms with E-state index in [4.69, 9.17) is 5.73 Å². The molecule has 284 valence electrons. The Kier molecular flexibility index (Phi) is 9.80. The number of nitrogens with zero attached hydrogens (tertiary/aromatic N) is 5. The lowest BCUT2D eigenvalue weighted by molar-refractivity contribution is -0.141. The van der Waals surface area contributed by atoms with Crippen LogP contribution in [0.4, 0.5) is 36.8 Å². The zero-order valence-electron chi connectivity index (χ0n) is 28.8. The summed E-state index contributed by atoms with van der Waals surface area (Å²) in [6.07, 6.45) is -5.11. The van der Waals surface area contributed by atoms with Crippen molar-refractivity contribution in [3.05, 3.63) is 69.8 Å². The molecule has 0 aliphatic carbocycles. The number of carbonyl (C=O) groups is 2. The summed E-state index contributed by atoms with van der Waals surface area (Å²) in [6, 6.07) is 6.28. The van der Waals surface area contributed by atoms with E-state index in [1.807, 2.05) is 24.3 Å². The average molecular weight is 747 g/mol. The number of rotatable bonds is 6. The molecule has 4 N–H and O–H groups in total. The normalized spacial score (nSPS) is 19.0. The molecule has 3 amide bonds. The summed E-state index contributed by atoms with van der Waals surface area (Å²) in [4.78, 5) is 53.6. The highest BCUT2D eigenvalue weighted by atomic mass is 19.4. The van der Waals surface area contributed by atoms with Crippen LogP contribution in [0.1, 0.15) is 61.3 Å². The minimum atomic E-state index is -5.19. The lowest BCUT2D eigenvalue weighted by Crippen LogP contribution is -2.56. The first-order valence-corrected chi connectivity index (χ1v) is 17.8. The van der Waals surface area contributed by atoms with Crippen LogP contribution in [0.3, 0.4) is 0 Å². The third-order valence-electron chi connectivity index (χ3n) is 10.9. The Balaban J connectivity index is 1.10. The molecule has 3 aliphatic heterocycles. The number of alkyl halides is 6. The first kappa shape index (κ1) is 36.6. The van der Waals surface area contributed by atoms with E-state index in [-0.39, 0.29) is 30.9 Å². The molecule has 0 bridgehead atoms. The van der Waals surface area contributed by atoms with Gasteiger partial charge in [-0.15, -0.1) is 0 Å². The molecule has 53 heavy (non-hydrogen) atoms. The lowest BCUT2D eigenvalue weighted by atomic mass is 9.96. The van der Waals surface area contributed by atoms with Crippen molar-refractivity contribution in [1.29, 1.82) is 0 Å². The predicted octanol–water partition coefficient (Wildman–Crippen LogP) is 5.54. The van der Waals surface area contributed by atoms with E-state index in [2.05, 4.69) is 20.2 Å². The Labute approximate surface area is 300 Å². The van der Waals surface area contributed by atoms with Crippen molar-refractivity contribution in [2.75, 3.05) is 45.0 Å². The number of nitrogens with one attached hydrogen (secondary N) is 2. The number of halogens is 6. The Hall–Kier alpha value is -4.80. The molecule has 3 aliphatic rings. The Bertz CT molecular complexity index is 2020. The van der Waals surface area contributed by atoms with Crippen molar-refractivity contribution >= 4 is 39.6 Å². The Morgan fingerprint density at radius 3 is 2.08 bits per heavy atom. The number of pyridine rings is 1. The minimum absolute atomic E-state index is 0.178. The summed E-state index contributed by atoms with van der Waals surface area (Å²) >= 11 is 0. The Morgan fingerprint density at radius 2 is 1.45 bits per heavy atom. The van der Waals surface area contributed by atoms with E-state index < -0.39 is 59.1 Å². The number of nitrogen functional groups attached to an aromatic ring is 1. The number of aromatic nitrogens is 3. The highest BCUT2D eigenvalue weighted by Gasteiger charge is 2.42. The number of para-hydroxylation sites is 1. The maximum absolute atomic E-state index is 14.0. The summed E-state index contributed by atoms with van der Waals surface area (Å²) in [5.74, 6) is -0.586. The molecule has 3 fully saturated rings. The quantitative estimate of drug-likeness (QED) is 0.175. The number of benzene rings is 2. The van der Waals surface area contributed by atoms with Gasteiger partial charge in [-0.2, -0.15) is 26.3 Å². The van der Waals surface area contributed by atoms with Gasteiger partial charge in [0.15, 0.2) is 0 Å². The van der Waals surface area contributed by atoms with Crippen LogP contribution in [0.2, 0.25) is 0 Å². The molecule has 0 unspecified atom stereocenters. The minimum Gasteiger partial charge on any atom is -0.398 e. The summed E-state index contributed by atoms with van der Waals surface area (Å²) in [6.45, 7) is 2.97. The van der Waals surface area contributed by atoms with Crippen LogP contribution < -0.4 is 16.7 Å². The monoisotopic (exact) mass is 746 g/mol. The number of likely N-dealkylation sites (tertiary alicyclic amines) is 3. The molecule has 0 spiro atoms. The number of nitrogens with two attached hydrogens (primary N) is 1. The topological polar surface area (TPSA) is 133 Å². The number of hydrogen-bond acceptors (Lipinski definition) is 6. The fourth-order valence-corrected chi connectivity index (χ4v) is 8.17. The van der Waals surface area contributed by atoms with E-state index in [0.717, 1.165) is 36.8 Å². The predicted molar refractivity (Wildman–Crippen MR) is 185 cm³/mol. The van der Waals surface area contributed by atoms with Crippen LogP contribution in [0.5, 0.6) is 0 Å². The van der Waals surface area contributed by atoms with Crippen molar-refractivity contribution in [3.8, 4) is 0 Å². The van der Waals surface area contributed by atoms with Gasteiger partial charge >= 0.3 is 24.1 Å². The Morgan fingerprint density at radius 1 is 0.868 bits per heavy atom. The maximum atomic E-state index is 14.0. The molecule has 4 aromatic rings. The van der Waals surface area contributed by atoms with Gasteiger partial charge in [0.2, 0.25) is 5.91 Å². The zero-order chi connectivity index (χ0) is 37.7. The highest BCUT2D eigenvalue weighted by molar-refractivity contribution is 6.01. The zero-order valence-corrected chi connectivity index (χ0v) is 28.8. The first-order valence-electron chi connectivity index (χ1n) is 17.8. The molecule has 11 nitrogen and oxygen atoms in total. The SMILES string of the molecule is Nc1c(C(F)(F)F)cc(C[C@@H](NC(=O)N2CCC(n3c(=O)[nH]c4c5ccccc5ncc43)CC2)C(=O)N2CCC(N3CCCC3)CC2)cc1C(F)(F)F. The fraction of sp³-hybridized carbons (Fsp3) is 0.500. The average Bonchev–Trinajstić information content (AvgIpc) is 3.79. The van der Waals surface area contributed by atoms with Gasteiger partial charge in [-0.3, -0.25) is 14.3 Å². The van der Waals surface area contributed by atoms with E-state index in [9.17, 15) is 40.7 Å². The number of urea groups is 1. The number of H-pyrrole nitrogens is 1. The summed E-state index contributed by atoms with van der Waals surface area (Å²) in [7, 11) is 0. The second-order valence-corrected chi connectivity index (χ2v) is 14.2. The number of amides is 3. The van der Waals surface area contributed by atoms with Crippen molar-refractivity contribution in [2.45, 2.75) is 75.4 Å². The van der Waals surface area contributed by atoms with Gasteiger partial charge in [0.25, 0.3) is 0 Å². The number of hydrogen-bond donors (Lipinski definition) is 3. The largest absolute Gasteiger partial charge is 0.418 e. The number of imidazole rings is 1.